The monoisotopic (exact) mass is 275 g/mol. The Morgan fingerprint density at radius 2 is 2.35 bits per heavy atom. The molecule has 1 aliphatic carbocycles. The van der Waals surface area contributed by atoms with Crippen molar-refractivity contribution in [1.82, 2.24) is 4.98 Å². The van der Waals surface area contributed by atoms with Gasteiger partial charge < -0.3 is 9.73 Å². The summed E-state index contributed by atoms with van der Waals surface area (Å²) in [6, 6.07) is 5.26. The molecule has 1 unspecified atom stereocenters. The first-order chi connectivity index (χ1) is 9.65. The van der Waals surface area contributed by atoms with Gasteiger partial charge >= 0.3 is 0 Å². The first-order valence-corrected chi connectivity index (χ1v) is 6.97. The van der Waals surface area contributed by atoms with Crippen LogP contribution in [0.1, 0.15) is 32.6 Å². The molecule has 0 amide bonds. The molecule has 0 aliphatic heterocycles. The first kappa shape index (κ1) is 12.9. The summed E-state index contributed by atoms with van der Waals surface area (Å²) >= 11 is 0. The number of non-ortho nitro benzene ring substituents is 1. The second-order valence-electron chi connectivity index (χ2n) is 5.36. The molecule has 3 rings (SSSR count). The fraction of sp³-hybridized carbons (Fsp3) is 0.500. The molecule has 2 aromatic rings. The number of nitro benzene ring substituents is 1. The van der Waals surface area contributed by atoms with Crippen molar-refractivity contribution in [1.29, 1.82) is 0 Å². The second kappa shape index (κ2) is 5.11. The van der Waals surface area contributed by atoms with Crippen molar-refractivity contribution in [3.05, 3.63) is 28.3 Å². The summed E-state index contributed by atoms with van der Waals surface area (Å²) < 4.78 is 5.59. The molecule has 0 spiro atoms. The fourth-order valence-electron chi connectivity index (χ4n) is 2.35. The van der Waals surface area contributed by atoms with E-state index >= 15 is 0 Å². The van der Waals surface area contributed by atoms with Gasteiger partial charge in [-0.05, 0) is 24.8 Å². The highest BCUT2D eigenvalue weighted by molar-refractivity contribution is 5.77. The Balaban J connectivity index is 1.78. The maximum Gasteiger partial charge on any atom is 0.295 e. The van der Waals surface area contributed by atoms with Gasteiger partial charge in [0, 0.05) is 18.2 Å². The zero-order valence-electron chi connectivity index (χ0n) is 11.3. The van der Waals surface area contributed by atoms with Crippen molar-refractivity contribution in [2.45, 2.75) is 38.6 Å². The zero-order chi connectivity index (χ0) is 14.1. The molecule has 0 saturated heterocycles. The van der Waals surface area contributed by atoms with Gasteiger partial charge in [0.1, 0.15) is 5.52 Å². The smallest absolute Gasteiger partial charge is 0.295 e. The Morgan fingerprint density at radius 1 is 1.55 bits per heavy atom. The molecule has 106 valence electrons. The fourth-order valence-corrected chi connectivity index (χ4v) is 2.35. The highest BCUT2D eigenvalue weighted by Gasteiger charge is 2.25. The average molecular weight is 275 g/mol. The van der Waals surface area contributed by atoms with Crippen LogP contribution < -0.4 is 5.32 Å². The van der Waals surface area contributed by atoms with Gasteiger partial charge in [-0.15, -0.1) is 0 Å². The van der Waals surface area contributed by atoms with Gasteiger partial charge in [-0.25, -0.2) is 0 Å². The Hall–Kier alpha value is -2.11. The minimum absolute atomic E-state index is 0.0300. The third kappa shape index (κ3) is 2.74. The van der Waals surface area contributed by atoms with E-state index in [0.717, 1.165) is 18.8 Å². The van der Waals surface area contributed by atoms with E-state index in [4.69, 9.17) is 4.42 Å². The minimum atomic E-state index is -0.427. The van der Waals surface area contributed by atoms with Gasteiger partial charge in [0.2, 0.25) is 0 Å². The minimum Gasteiger partial charge on any atom is -0.424 e. The molecule has 1 heterocycles. The van der Waals surface area contributed by atoms with Crippen LogP contribution in [0.4, 0.5) is 11.7 Å². The molecule has 1 N–H and O–H groups in total. The summed E-state index contributed by atoms with van der Waals surface area (Å²) in [7, 11) is 0. The Morgan fingerprint density at radius 3 is 3.00 bits per heavy atom. The number of benzene rings is 1. The van der Waals surface area contributed by atoms with Crippen LogP contribution in [0.2, 0.25) is 0 Å². The number of rotatable bonds is 6. The standard InChI is InChI=1S/C14H17N3O3/c1-2-10(7-9-3-4-9)15-14-16-12-8-11(17(18)19)5-6-13(12)20-14/h5-6,8-10H,2-4,7H2,1H3,(H,15,16). The quantitative estimate of drug-likeness (QED) is 0.641. The molecular formula is C14H17N3O3. The van der Waals surface area contributed by atoms with Crippen molar-refractivity contribution < 1.29 is 9.34 Å². The van der Waals surface area contributed by atoms with Crippen molar-refractivity contribution in [3.8, 4) is 0 Å². The number of nitrogens with zero attached hydrogens (tertiary/aromatic N) is 2. The molecule has 1 fully saturated rings. The van der Waals surface area contributed by atoms with Gasteiger partial charge in [-0.2, -0.15) is 4.98 Å². The summed E-state index contributed by atoms with van der Waals surface area (Å²) in [6.07, 6.45) is 4.78. The number of oxazole rings is 1. The van der Waals surface area contributed by atoms with Crippen molar-refractivity contribution in [2.75, 3.05) is 5.32 Å². The first-order valence-electron chi connectivity index (χ1n) is 6.97. The highest BCUT2D eigenvalue weighted by atomic mass is 16.6. The van der Waals surface area contributed by atoms with Crippen molar-refractivity contribution in [2.24, 2.45) is 5.92 Å². The average Bonchev–Trinajstić information content (AvgIpc) is 3.15. The van der Waals surface area contributed by atoms with Crippen molar-refractivity contribution in [3.63, 3.8) is 0 Å². The van der Waals surface area contributed by atoms with Crippen LogP contribution in [0.3, 0.4) is 0 Å². The van der Waals surface area contributed by atoms with Gasteiger partial charge in [-0.1, -0.05) is 19.8 Å². The molecule has 20 heavy (non-hydrogen) atoms. The number of anilines is 1. The van der Waals surface area contributed by atoms with Crippen LogP contribution in [0.15, 0.2) is 22.6 Å². The van der Waals surface area contributed by atoms with E-state index in [2.05, 4.69) is 17.2 Å². The molecule has 1 atom stereocenters. The van der Waals surface area contributed by atoms with E-state index in [1.54, 1.807) is 6.07 Å². The van der Waals surface area contributed by atoms with Gasteiger partial charge in [0.15, 0.2) is 5.58 Å². The van der Waals surface area contributed by atoms with E-state index in [0.29, 0.717) is 23.2 Å². The summed E-state index contributed by atoms with van der Waals surface area (Å²) in [5.74, 6) is 0.831. The predicted octanol–water partition coefficient (Wildman–Crippen LogP) is 3.73. The van der Waals surface area contributed by atoms with Crippen LogP contribution in [0.5, 0.6) is 0 Å². The van der Waals surface area contributed by atoms with E-state index in [1.807, 2.05) is 0 Å². The van der Waals surface area contributed by atoms with E-state index in [-0.39, 0.29) is 5.69 Å². The van der Waals surface area contributed by atoms with Gasteiger partial charge in [0.25, 0.3) is 11.7 Å². The van der Waals surface area contributed by atoms with Crippen LogP contribution in [-0.4, -0.2) is 15.9 Å². The number of nitrogens with one attached hydrogen (secondary N) is 1. The van der Waals surface area contributed by atoms with E-state index in [1.165, 1.54) is 25.0 Å². The molecule has 1 aromatic heterocycles. The third-order valence-electron chi connectivity index (χ3n) is 3.72. The summed E-state index contributed by atoms with van der Waals surface area (Å²) in [5.41, 5.74) is 1.12. The van der Waals surface area contributed by atoms with Crippen LogP contribution >= 0.6 is 0 Å². The topological polar surface area (TPSA) is 81.2 Å². The zero-order valence-corrected chi connectivity index (χ0v) is 11.3. The number of fused-ring (bicyclic) bond motifs is 1. The molecule has 0 bridgehead atoms. The van der Waals surface area contributed by atoms with Crippen molar-refractivity contribution >= 4 is 22.8 Å². The number of aromatic nitrogens is 1. The predicted molar refractivity (Wildman–Crippen MR) is 75.7 cm³/mol. The molecule has 1 aliphatic rings. The van der Waals surface area contributed by atoms with Gasteiger partial charge in [0.05, 0.1) is 4.92 Å². The van der Waals surface area contributed by atoms with Crippen LogP contribution in [-0.2, 0) is 0 Å². The van der Waals surface area contributed by atoms with Crippen LogP contribution in [0, 0.1) is 16.0 Å². The lowest BCUT2D eigenvalue weighted by atomic mass is 10.1. The number of nitro groups is 1. The molecule has 0 radical (unpaired) electrons. The van der Waals surface area contributed by atoms with E-state index in [9.17, 15) is 10.1 Å². The normalized spacial score (nSPS) is 16.2. The Bertz CT molecular complexity index is 634. The Kier molecular flexibility index (Phi) is 3.30. The third-order valence-corrected chi connectivity index (χ3v) is 3.72. The lowest BCUT2D eigenvalue weighted by Crippen LogP contribution is -2.19. The highest BCUT2D eigenvalue weighted by Crippen LogP contribution is 2.35. The molecule has 1 saturated carbocycles. The van der Waals surface area contributed by atoms with Gasteiger partial charge in [-0.3, -0.25) is 10.1 Å². The molecule has 6 nitrogen and oxygen atoms in total. The molecule has 6 heteroatoms. The number of hydrogen-bond acceptors (Lipinski definition) is 5. The van der Waals surface area contributed by atoms with Crippen LogP contribution in [0.25, 0.3) is 11.1 Å². The Labute approximate surface area is 116 Å². The summed E-state index contributed by atoms with van der Waals surface area (Å²) in [6.45, 7) is 2.13. The lowest BCUT2D eigenvalue weighted by molar-refractivity contribution is -0.384. The number of hydrogen-bond donors (Lipinski definition) is 1. The second-order valence-corrected chi connectivity index (χ2v) is 5.36. The summed E-state index contributed by atoms with van der Waals surface area (Å²) in [4.78, 5) is 14.6. The maximum absolute atomic E-state index is 10.7. The summed E-state index contributed by atoms with van der Waals surface area (Å²) in [5, 5.41) is 14.0. The largest absolute Gasteiger partial charge is 0.424 e. The molecule has 1 aromatic carbocycles. The SMILES string of the molecule is CCC(CC1CC1)Nc1nc2cc([N+](=O)[O-])ccc2o1. The van der Waals surface area contributed by atoms with E-state index < -0.39 is 4.92 Å². The maximum atomic E-state index is 10.7. The lowest BCUT2D eigenvalue weighted by Gasteiger charge is -2.14. The molecular weight excluding hydrogens is 258 g/mol.